The predicted molar refractivity (Wildman–Crippen MR) is 81.5 cm³/mol. The van der Waals surface area contributed by atoms with Crippen molar-refractivity contribution in [3.05, 3.63) is 53.1 Å². The molecule has 0 aliphatic heterocycles. The number of carbonyl (C=O) groups is 1. The van der Waals surface area contributed by atoms with Crippen LogP contribution in [0.1, 0.15) is 0 Å². The average molecular weight is 327 g/mol. The first kappa shape index (κ1) is 16.0. The Balaban J connectivity index is 1.94. The molecule has 1 amide bonds. The first-order chi connectivity index (χ1) is 10.5. The van der Waals surface area contributed by atoms with Crippen molar-refractivity contribution in [3.8, 4) is 5.75 Å². The summed E-state index contributed by atoms with van der Waals surface area (Å²) in [6.45, 7) is -0.0825. The van der Waals surface area contributed by atoms with Crippen LogP contribution in [0.3, 0.4) is 0 Å². The fourth-order valence-corrected chi connectivity index (χ4v) is 2.05. The molecule has 7 heteroatoms. The number of methoxy groups -OCH3 is 1. The van der Waals surface area contributed by atoms with Gasteiger partial charge in [-0.1, -0.05) is 11.6 Å². The summed E-state index contributed by atoms with van der Waals surface area (Å²) >= 11 is 5.96. The lowest BCUT2D eigenvalue weighted by Gasteiger charge is -2.10. The lowest BCUT2D eigenvalue weighted by atomic mass is 10.3. The average Bonchev–Trinajstić information content (AvgIpc) is 2.44. The number of halogens is 3. The molecule has 0 bridgehead atoms. The maximum Gasteiger partial charge on any atom is 0.243 e. The molecule has 2 rings (SSSR count). The van der Waals surface area contributed by atoms with Gasteiger partial charge < -0.3 is 15.4 Å². The largest absolute Gasteiger partial charge is 0.495 e. The number of amides is 1. The number of carbonyl (C=O) groups excluding carboxylic acids is 1. The van der Waals surface area contributed by atoms with E-state index in [2.05, 4.69) is 10.6 Å². The highest BCUT2D eigenvalue weighted by Gasteiger charge is 2.07. The molecule has 0 saturated heterocycles. The van der Waals surface area contributed by atoms with Crippen molar-refractivity contribution < 1.29 is 18.3 Å². The van der Waals surface area contributed by atoms with Gasteiger partial charge in [0.25, 0.3) is 0 Å². The minimum Gasteiger partial charge on any atom is -0.495 e. The summed E-state index contributed by atoms with van der Waals surface area (Å²) in [5.74, 6) is -1.45. The molecule has 0 unspecified atom stereocenters. The summed E-state index contributed by atoms with van der Waals surface area (Å²) < 4.78 is 31.0. The van der Waals surface area contributed by atoms with Crippen LogP contribution in [0.15, 0.2) is 36.4 Å². The van der Waals surface area contributed by atoms with Gasteiger partial charge in [0.05, 0.1) is 18.7 Å². The zero-order valence-electron chi connectivity index (χ0n) is 11.6. The van der Waals surface area contributed by atoms with Gasteiger partial charge in [-0.3, -0.25) is 4.79 Å². The van der Waals surface area contributed by atoms with E-state index >= 15 is 0 Å². The molecule has 0 saturated carbocycles. The zero-order valence-corrected chi connectivity index (χ0v) is 12.4. The van der Waals surface area contributed by atoms with Gasteiger partial charge in [0, 0.05) is 17.4 Å². The second-order valence-electron chi connectivity index (χ2n) is 4.41. The lowest BCUT2D eigenvalue weighted by Crippen LogP contribution is -2.21. The van der Waals surface area contributed by atoms with Crippen molar-refractivity contribution in [1.82, 2.24) is 0 Å². The molecule has 0 fully saturated rings. The first-order valence-electron chi connectivity index (χ1n) is 6.31. The Labute approximate surface area is 131 Å². The van der Waals surface area contributed by atoms with E-state index in [9.17, 15) is 13.6 Å². The number of rotatable bonds is 5. The molecule has 4 nitrogen and oxygen atoms in total. The van der Waals surface area contributed by atoms with E-state index in [4.69, 9.17) is 16.3 Å². The molecule has 0 aliphatic rings. The van der Waals surface area contributed by atoms with E-state index in [1.807, 2.05) is 0 Å². The van der Waals surface area contributed by atoms with Gasteiger partial charge in [-0.25, -0.2) is 8.78 Å². The van der Waals surface area contributed by atoms with Crippen LogP contribution >= 0.6 is 11.6 Å². The molecule has 0 spiro atoms. The van der Waals surface area contributed by atoms with Gasteiger partial charge in [-0.05, 0) is 30.3 Å². The van der Waals surface area contributed by atoms with Gasteiger partial charge >= 0.3 is 0 Å². The van der Waals surface area contributed by atoms with Crippen molar-refractivity contribution >= 4 is 28.9 Å². The van der Waals surface area contributed by atoms with Crippen molar-refractivity contribution in [1.29, 1.82) is 0 Å². The van der Waals surface area contributed by atoms with Gasteiger partial charge in [-0.2, -0.15) is 0 Å². The number of nitrogens with one attached hydrogen (secondary N) is 2. The van der Waals surface area contributed by atoms with E-state index in [1.165, 1.54) is 7.11 Å². The number of ether oxygens (including phenoxy) is 1. The number of hydrogen-bond acceptors (Lipinski definition) is 3. The van der Waals surface area contributed by atoms with Crippen molar-refractivity contribution in [3.63, 3.8) is 0 Å². The number of hydrogen-bond donors (Lipinski definition) is 2. The number of anilines is 2. The third-order valence-corrected chi connectivity index (χ3v) is 3.05. The molecule has 0 atom stereocenters. The molecular weight excluding hydrogens is 314 g/mol. The summed E-state index contributed by atoms with van der Waals surface area (Å²) in [6.07, 6.45) is 0. The zero-order chi connectivity index (χ0) is 16.1. The van der Waals surface area contributed by atoms with Crippen LogP contribution in [-0.2, 0) is 4.79 Å². The Morgan fingerprint density at radius 2 is 1.82 bits per heavy atom. The van der Waals surface area contributed by atoms with E-state index in [-0.39, 0.29) is 12.2 Å². The predicted octanol–water partition coefficient (Wildman–Crippen LogP) is 3.68. The van der Waals surface area contributed by atoms with Crippen LogP contribution in [0, 0.1) is 11.6 Å². The SMILES string of the molecule is COc1ccc(NCC(=O)Nc2cc(F)cc(F)c2)cc1Cl. The maximum absolute atomic E-state index is 13.0. The van der Waals surface area contributed by atoms with Crippen molar-refractivity contribution in [2.24, 2.45) is 0 Å². The van der Waals surface area contributed by atoms with Gasteiger partial charge in [0.15, 0.2) is 0 Å². The van der Waals surface area contributed by atoms with Crippen LogP contribution in [0.25, 0.3) is 0 Å². The molecule has 0 radical (unpaired) electrons. The van der Waals surface area contributed by atoms with Crippen LogP contribution in [-0.4, -0.2) is 19.6 Å². The second-order valence-corrected chi connectivity index (χ2v) is 4.82. The van der Waals surface area contributed by atoms with Crippen LogP contribution in [0.2, 0.25) is 5.02 Å². The van der Waals surface area contributed by atoms with Gasteiger partial charge in [0.1, 0.15) is 17.4 Å². The first-order valence-corrected chi connectivity index (χ1v) is 6.69. The normalized spacial score (nSPS) is 10.2. The molecule has 2 aromatic carbocycles. The van der Waals surface area contributed by atoms with E-state index in [0.29, 0.717) is 16.5 Å². The molecule has 0 aromatic heterocycles. The second kappa shape index (κ2) is 7.09. The standard InChI is InChI=1S/C15H13ClF2N2O2/c1-22-14-3-2-11(7-13(14)16)19-8-15(21)20-12-5-9(17)4-10(18)6-12/h2-7,19H,8H2,1H3,(H,20,21). The summed E-state index contributed by atoms with van der Waals surface area (Å²) in [7, 11) is 1.50. The van der Waals surface area contributed by atoms with Crippen molar-refractivity contribution in [2.75, 3.05) is 24.3 Å². The molecule has 2 N–H and O–H groups in total. The summed E-state index contributed by atoms with van der Waals surface area (Å²) in [5.41, 5.74) is 0.670. The topological polar surface area (TPSA) is 50.4 Å². The Morgan fingerprint density at radius 3 is 2.41 bits per heavy atom. The number of benzene rings is 2. The molecule has 22 heavy (non-hydrogen) atoms. The van der Waals surface area contributed by atoms with Gasteiger partial charge in [-0.15, -0.1) is 0 Å². The van der Waals surface area contributed by atoms with Crippen LogP contribution in [0.5, 0.6) is 5.75 Å². The molecule has 0 heterocycles. The Bertz CT molecular complexity index is 675. The lowest BCUT2D eigenvalue weighted by molar-refractivity contribution is -0.114. The third kappa shape index (κ3) is 4.33. The van der Waals surface area contributed by atoms with Gasteiger partial charge in [0.2, 0.25) is 5.91 Å². The van der Waals surface area contributed by atoms with E-state index < -0.39 is 17.5 Å². The fourth-order valence-electron chi connectivity index (χ4n) is 1.79. The van der Waals surface area contributed by atoms with Crippen molar-refractivity contribution in [2.45, 2.75) is 0 Å². The molecule has 2 aromatic rings. The highest BCUT2D eigenvalue weighted by molar-refractivity contribution is 6.32. The van der Waals surface area contributed by atoms with E-state index in [1.54, 1.807) is 18.2 Å². The summed E-state index contributed by atoms with van der Waals surface area (Å²) in [6, 6.07) is 7.75. The van der Waals surface area contributed by atoms with E-state index in [0.717, 1.165) is 18.2 Å². The smallest absolute Gasteiger partial charge is 0.243 e. The Hall–Kier alpha value is -2.34. The Kier molecular flexibility index (Phi) is 5.16. The fraction of sp³-hybridized carbons (Fsp3) is 0.133. The molecule has 116 valence electrons. The Morgan fingerprint density at radius 1 is 1.14 bits per heavy atom. The minimum atomic E-state index is -0.759. The summed E-state index contributed by atoms with van der Waals surface area (Å²) in [5, 5.41) is 5.64. The minimum absolute atomic E-state index is 0.0528. The van der Waals surface area contributed by atoms with Crippen LogP contribution < -0.4 is 15.4 Å². The summed E-state index contributed by atoms with van der Waals surface area (Å²) in [4.78, 5) is 11.7. The molecule has 0 aliphatic carbocycles. The van der Waals surface area contributed by atoms with Crippen LogP contribution in [0.4, 0.5) is 20.2 Å². The highest BCUT2D eigenvalue weighted by Crippen LogP contribution is 2.27. The highest BCUT2D eigenvalue weighted by atomic mass is 35.5. The third-order valence-electron chi connectivity index (χ3n) is 2.75. The monoisotopic (exact) mass is 326 g/mol. The quantitative estimate of drug-likeness (QED) is 0.881. The maximum atomic E-state index is 13.0. The molecular formula is C15H13ClF2N2O2.